The van der Waals surface area contributed by atoms with Crippen molar-refractivity contribution < 1.29 is 5.48 Å². The smallest absolute Gasteiger partial charge is 0.0462 e. The summed E-state index contributed by atoms with van der Waals surface area (Å²) in [5.74, 6) is 0. The molecule has 0 N–H and O–H groups in total. The first-order valence-corrected chi connectivity index (χ1v) is 0.258. The number of hydrogen-bond acceptors (Lipinski definition) is 1. The molecule has 0 aliphatic rings. The van der Waals surface area contributed by atoms with Crippen molar-refractivity contribution >= 4 is 0 Å². The highest BCUT2D eigenvalue weighted by Gasteiger charge is 0.513. The molecular formula is C2HNO. The van der Waals surface area contributed by atoms with Crippen molar-refractivity contribution in [3.8, 4) is 6.57 Å². The van der Waals surface area contributed by atoms with E-state index in [9.17, 15) is 0 Å². The molecule has 4 heavy (non-hydrogen) atoms. The van der Waals surface area contributed by atoms with E-state index in [-0.39, 0.29) is 12.9 Å². The second-order valence-corrected chi connectivity index (χ2v) is 0. The third kappa shape index (κ3) is 0.971. The normalized spacial score (nSPS) is 0.500. The first-order valence-electron chi connectivity index (χ1n) is 0.258. The van der Waals surface area contributed by atoms with Gasteiger partial charge in [0.1, 0.15) is 0 Å². The molecule has 0 spiro atoms. The predicted molar refractivity (Wildman–Crippen MR) is 10.6 cm³/mol. The van der Waals surface area contributed by atoms with Crippen molar-refractivity contribution in [2.24, 2.45) is 0 Å². The topological polar surface area (TPSA) is 52.3 Å². The van der Waals surface area contributed by atoms with Gasteiger partial charge < -0.3 is 0 Å². The van der Waals surface area contributed by atoms with Gasteiger partial charge in [-0.25, -0.2) is 5.26 Å². The molecule has 0 atom stereocenters. The summed E-state index contributed by atoms with van der Waals surface area (Å²) in [6, 6.07) is 0. The van der Waals surface area contributed by atoms with Crippen molar-refractivity contribution in [2.45, 2.75) is 0 Å². The molecule has 0 saturated heterocycles. The van der Waals surface area contributed by atoms with E-state index in [0.29, 0.717) is 0 Å². The molecule has 2 nitrogen and oxygen atoms in total. The summed E-state index contributed by atoms with van der Waals surface area (Å²) in [6.07, 6.45) is 0. The summed E-state index contributed by atoms with van der Waals surface area (Å²) in [5.41, 5.74) is 0. The van der Waals surface area contributed by atoms with Gasteiger partial charge in [0.05, 0.1) is 0 Å². The van der Waals surface area contributed by atoms with E-state index in [0.717, 1.165) is 0 Å². The van der Waals surface area contributed by atoms with Gasteiger partial charge in [-0.3, -0.25) is 0 Å². The van der Waals surface area contributed by atoms with Gasteiger partial charge in [0.2, 0.25) is 0 Å². The maximum atomic E-state index is 6.50. The molecule has 0 heterocycles. The minimum atomic E-state index is 0. The van der Waals surface area contributed by atoms with Gasteiger partial charge in [-0.05, 0) is 0 Å². The number of nitriles is 1. The van der Waals surface area contributed by atoms with Gasteiger partial charge in [0, 0.05) is 19.5 Å². The highest BCUT2D eigenvalue weighted by Crippen LogP contribution is 0.586. The molecule has 0 amide bonds. The van der Waals surface area contributed by atoms with E-state index < -0.39 is 0 Å². The highest BCUT2D eigenvalue weighted by molar-refractivity contribution is 4.03. The van der Waals surface area contributed by atoms with Crippen LogP contribution in [-0.4, -0.2) is 0 Å². The van der Waals surface area contributed by atoms with Gasteiger partial charge in [0.25, 0.3) is 0 Å². The van der Waals surface area contributed by atoms with E-state index in [1.807, 2.05) is 0 Å². The van der Waals surface area contributed by atoms with Crippen molar-refractivity contribution in [1.82, 2.24) is 0 Å². The average Bonchev–Trinajstić information content (AvgIpc) is 1.00. The van der Waals surface area contributed by atoms with Gasteiger partial charge in [0.15, 0.2) is 0 Å². The van der Waals surface area contributed by atoms with Gasteiger partial charge in [-0.2, -0.15) is 0 Å². The molecule has 0 fully saturated rings. The van der Waals surface area contributed by atoms with Crippen LogP contribution < -0.4 is 0 Å². The number of hydrogen-bond donors (Lipinski definition) is 0. The maximum Gasteiger partial charge on any atom is 0.0462 e. The van der Waals surface area contributed by atoms with Crippen LogP contribution in [0, 0.1) is 19.3 Å². The quantitative estimate of drug-likeness (QED) is 0.387. The molecule has 0 aromatic carbocycles. The minimum absolute atomic E-state index is 0. The number of rotatable bonds is 0. The van der Waals surface area contributed by atoms with Crippen molar-refractivity contribution in [3.63, 3.8) is 0 Å². The zero-order chi connectivity index (χ0) is 2.00. The lowest BCUT2D eigenvalue weighted by Gasteiger charge is -0.668. The Bertz CT molecular complexity index is 10.8. The molecule has 20 valence electrons. The summed E-state index contributed by atoms with van der Waals surface area (Å²) >= 11 is 0. The summed E-state index contributed by atoms with van der Waals surface area (Å²) < 4.78 is 0. The van der Waals surface area contributed by atoms with Crippen LogP contribution in [0.15, 0.2) is 0 Å². The van der Waals surface area contributed by atoms with Crippen LogP contribution >= 0.6 is 0 Å². The zero-order valence-electron chi connectivity index (χ0n) is 1.93. The standard InChI is InChI=1S/CHN.C.O/c1-2;;/h1H;;. The van der Waals surface area contributed by atoms with E-state index in [1.165, 1.54) is 0 Å². The summed E-state index contributed by atoms with van der Waals surface area (Å²) in [4.78, 5) is 0. The highest BCUT2D eigenvalue weighted by atomic mass is 16.0. The lowest BCUT2D eigenvalue weighted by Crippen LogP contribution is -0.569. The Morgan fingerprint density at radius 3 is 1.25 bits per heavy atom. The largest absolute Gasteiger partial charge is 0.202 e. The third-order valence-electron chi connectivity index (χ3n) is 0. The summed E-state index contributed by atoms with van der Waals surface area (Å²) in [6.45, 7) is 3.50. The van der Waals surface area contributed by atoms with Gasteiger partial charge in [-0.15, -0.1) is 0 Å². The predicted octanol–water partition coefficient (Wildman–Crippen LogP) is 0.102. The molecule has 0 unspecified atom stereocenters. The van der Waals surface area contributed by atoms with Crippen molar-refractivity contribution in [1.29, 1.82) is 5.26 Å². The first-order chi connectivity index (χ1) is 1.00. The number of nitrogens with zero attached hydrogens (tertiary/aromatic N) is 1. The summed E-state index contributed by atoms with van der Waals surface area (Å²) in [7, 11) is 0. The molecule has 0 saturated carbocycles. The third-order valence-corrected chi connectivity index (χ3v) is 0. The van der Waals surface area contributed by atoms with Crippen LogP contribution in [0.2, 0.25) is 0 Å². The zero-order valence-corrected chi connectivity index (χ0v) is 1.93. The molecule has 0 aliphatic heterocycles. The van der Waals surface area contributed by atoms with E-state index in [4.69, 9.17) is 5.26 Å². The Morgan fingerprint density at radius 2 is 1.25 bits per heavy atom. The lowest BCUT2D eigenvalue weighted by molar-refractivity contribution is 0.686. The average molecular weight is 55.0 g/mol. The van der Waals surface area contributed by atoms with Crippen LogP contribution in [-0.2, 0) is 5.48 Å². The van der Waals surface area contributed by atoms with Crippen molar-refractivity contribution in [2.75, 3.05) is 0 Å². The Kier molecular flexibility index (Phi) is 435. The van der Waals surface area contributed by atoms with Crippen LogP contribution in [0.3, 0.4) is 0 Å². The fraction of sp³-hybridized carbons (Fsp3) is 0. The van der Waals surface area contributed by atoms with Crippen molar-refractivity contribution in [3.05, 3.63) is 7.43 Å². The SMILES string of the molecule is C#N.[C].[O]. The van der Waals surface area contributed by atoms with E-state index >= 15 is 0 Å². The maximum absolute atomic E-state index is 6.50. The fourth-order valence-corrected chi connectivity index (χ4v) is 0. The fourth-order valence-electron chi connectivity index (χ4n) is 0. The second kappa shape index (κ2) is 17.0. The Labute approximate surface area is 26.0 Å². The molecule has 0 aliphatic carbocycles. The molecule has 2 heteroatoms. The molecular weight excluding hydrogens is 54.0 g/mol. The van der Waals surface area contributed by atoms with Crippen LogP contribution in [0.25, 0.3) is 0 Å². The monoisotopic (exact) mass is 55.0 g/mol. The first kappa shape index (κ1) is 102. The molecule has 0 aromatic rings. The Morgan fingerprint density at radius 1 is 1.25 bits per heavy atom. The van der Waals surface area contributed by atoms with E-state index in [2.05, 4.69) is 6.57 Å². The summed E-state index contributed by atoms with van der Waals surface area (Å²) in [5, 5.41) is 6.50. The lowest BCUT2D eigenvalue weighted by atomic mass is 11.9. The second-order valence-electron chi connectivity index (χ2n) is 0. The molecule has 0 rings (SSSR count). The van der Waals surface area contributed by atoms with Crippen LogP contribution in [0.4, 0.5) is 0 Å². The molecule has 0 bridgehead atoms. The van der Waals surface area contributed by atoms with Crippen LogP contribution in [0.5, 0.6) is 0 Å². The molecule has 0 aromatic heterocycles. The molecule has 6 radical (unpaired) electrons. The van der Waals surface area contributed by atoms with Crippen LogP contribution in [0.1, 0.15) is 0 Å². The van der Waals surface area contributed by atoms with Gasteiger partial charge in [-0.1, -0.05) is 0 Å². The van der Waals surface area contributed by atoms with E-state index in [1.54, 1.807) is 0 Å². The Hall–Kier alpha value is -0.550. The minimum Gasteiger partial charge on any atom is -0.202 e. The Balaban J connectivity index is -0.00000000500. The van der Waals surface area contributed by atoms with Gasteiger partial charge >= 0.3 is 0 Å².